The Kier molecular flexibility index (Phi) is 6.00. The topological polar surface area (TPSA) is 70.7 Å². The number of rotatable bonds is 5. The molecule has 0 aliphatic carbocycles. The third-order valence-corrected chi connectivity index (χ3v) is 3.97. The number of nitrogens with one attached hydrogen (secondary N) is 2. The van der Waals surface area contributed by atoms with E-state index >= 15 is 0 Å². The normalized spacial score (nSPS) is 18.6. The molecule has 25 heavy (non-hydrogen) atoms. The van der Waals surface area contributed by atoms with Crippen molar-refractivity contribution >= 4 is 11.8 Å². The molecule has 7 heteroatoms. The Bertz CT molecular complexity index is 643. The standard InChI is InChI=1S/C18H26FN3O3/c1-18(2,3)21-16(23)10-15-17(24)20-7-8-22(15)11-12-5-6-13(25-4)9-14(12)19/h5-6,9,15H,7-8,10-11H2,1-4H3,(H,20,24)(H,21,23)/t15-/m1/s1. The molecule has 0 saturated carbocycles. The monoisotopic (exact) mass is 351 g/mol. The first kappa shape index (κ1) is 19.2. The van der Waals surface area contributed by atoms with Crippen LogP contribution >= 0.6 is 0 Å². The molecule has 1 saturated heterocycles. The summed E-state index contributed by atoms with van der Waals surface area (Å²) in [6, 6.07) is 4.04. The van der Waals surface area contributed by atoms with E-state index in [9.17, 15) is 14.0 Å². The zero-order valence-electron chi connectivity index (χ0n) is 15.2. The van der Waals surface area contributed by atoms with E-state index in [-0.39, 0.29) is 36.1 Å². The highest BCUT2D eigenvalue weighted by Crippen LogP contribution is 2.20. The van der Waals surface area contributed by atoms with Crippen LogP contribution in [-0.4, -0.2) is 48.5 Å². The van der Waals surface area contributed by atoms with E-state index in [2.05, 4.69) is 10.6 Å². The third-order valence-electron chi connectivity index (χ3n) is 3.97. The van der Waals surface area contributed by atoms with Gasteiger partial charge in [0.25, 0.3) is 0 Å². The Morgan fingerprint density at radius 3 is 2.76 bits per heavy atom. The molecule has 1 aliphatic heterocycles. The van der Waals surface area contributed by atoms with E-state index in [4.69, 9.17) is 4.74 Å². The Labute approximate surface area is 147 Å². The molecule has 0 radical (unpaired) electrons. The van der Waals surface area contributed by atoms with Crippen LogP contribution in [0.25, 0.3) is 0 Å². The number of piperazine rings is 1. The minimum absolute atomic E-state index is 0.0425. The quantitative estimate of drug-likeness (QED) is 0.842. The lowest BCUT2D eigenvalue weighted by molar-refractivity contribution is -0.134. The van der Waals surface area contributed by atoms with Crippen molar-refractivity contribution in [3.05, 3.63) is 29.6 Å². The van der Waals surface area contributed by atoms with Gasteiger partial charge in [-0.05, 0) is 26.8 Å². The average Bonchev–Trinajstić information content (AvgIpc) is 2.50. The first-order valence-electron chi connectivity index (χ1n) is 8.35. The Morgan fingerprint density at radius 1 is 1.44 bits per heavy atom. The van der Waals surface area contributed by atoms with Crippen molar-refractivity contribution < 1.29 is 18.7 Å². The third kappa shape index (κ3) is 5.42. The van der Waals surface area contributed by atoms with Crippen LogP contribution in [0.15, 0.2) is 18.2 Å². The van der Waals surface area contributed by atoms with Crippen LogP contribution in [0.1, 0.15) is 32.8 Å². The molecule has 1 atom stereocenters. The lowest BCUT2D eigenvalue weighted by atomic mass is 10.0. The molecule has 0 spiro atoms. The molecule has 1 aliphatic rings. The number of amides is 2. The number of benzene rings is 1. The van der Waals surface area contributed by atoms with Crippen LogP contribution in [0.2, 0.25) is 0 Å². The molecule has 2 rings (SSSR count). The summed E-state index contributed by atoms with van der Waals surface area (Å²) in [5.74, 6) is -0.346. The molecular formula is C18H26FN3O3. The van der Waals surface area contributed by atoms with Crippen molar-refractivity contribution in [1.29, 1.82) is 0 Å². The van der Waals surface area contributed by atoms with Gasteiger partial charge in [-0.25, -0.2) is 4.39 Å². The van der Waals surface area contributed by atoms with Gasteiger partial charge >= 0.3 is 0 Å². The van der Waals surface area contributed by atoms with Crippen LogP contribution in [0.3, 0.4) is 0 Å². The zero-order chi connectivity index (χ0) is 18.6. The zero-order valence-corrected chi connectivity index (χ0v) is 15.2. The molecule has 6 nitrogen and oxygen atoms in total. The molecule has 0 bridgehead atoms. The smallest absolute Gasteiger partial charge is 0.237 e. The predicted molar refractivity (Wildman–Crippen MR) is 92.7 cm³/mol. The predicted octanol–water partition coefficient (Wildman–Crippen LogP) is 1.44. The van der Waals surface area contributed by atoms with Gasteiger partial charge in [-0.15, -0.1) is 0 Å². The van der Waals surface area contributed by atoms with Crippen LogP contribution in [0, 0.1) is 5.82 Å². The number of carbonyl (C=O) groups is 2. The average molecular weight is 351 g/mol. The second-order valence-electron chi connectivity index (χ2n) is 7.24. The minimum Gasteiger partial charge on any atom is -0.497 e. The Morgan fingerprint density at radius 2 is 2.16 bits per heavy atom. The van der Waals surface area contributed by atoms with Crippen molar-refractivity contribution in [1.82, 2.24) is 15.5 Å². The van der Waals surface area contributed by atoms with Gasteiger partial charge < -0.3 is 15.4 Å². The van der Waals surface area contributed by atoms with Gasteiger partial charge in [0.15, 0.2) is 0 Å². The highest BCUT2D eigenvalue weighted by atomic mass is 19.1. The molecule has 1 fully saturated rings. The number of methoxy groups -OCH3 is 1. The molecule has 2 amide bonds. The van der Waals surface area contributed by atoms with Crippen molar-refractivity contribution in [2.45, 2.75) is 45.3 Å². The largest absolute Gasteiger partial charge is 0.497 e. The maximum atomic E-state index is 14.2. The van der Waals surface area contributed by atoms with Gasteiger partial charge in [0.1, 0.15) is 11.6 Å². The summed E-state index contributed by atoms with van der Waals surface area (Å²) in [5, 5.41) is 5.64. The lowest BCUT2D eigenvalue weighted by Gasteiger charge is -2.35. The fourth-order valence-corrected chi connectivity index (χ4v) is 2.82. The summed E-state index contributed by atoms with van der Waals surface area (Å²) < 4.78 is 19.2. The van der Waals surface area contributed by atoms with Gasteiger partial charge in [-0.1, -0.05) is 6.07 Å². The maximum Gasteiger partial charge on any atom is 0.237 e. The fourth-order valence-electron chi connectivity index (χ4n) is 2.82. The Hall–Kier alpha value is -2.15. The van der Waals surface area contributed by atoms with Crippen molar-refractivity contribution in [3.63, 3.8) is 0 Å². The van der Waals surface area contributed by atoms with Gasteiger partial charge in [-0.3, -0.25) is 14.5 Å². The van der Waals surface area contributed by atoms with E-state index in [0.717, 1.165) is 0 Å². The van der Waals surface area contributed by atoms with Gasteiger partial charge in [0.05, 0.1) is 19.6 Å². The molecule has 1 heterocycles. The van der Waals surface area contributed by atoms with Crippen LogP contribution in [0.4, 0.5) is 4.39 Å². The van der Waals surface area contributed by atoms with E-state index in [0.29, 0.717) is 24.4 Å². The first-order chi connectivity index (χ1) is 11.7. The molecule has 138 valence electrons. The first-order valence-corrected chi connectivity index (χ1v) is 8.35. The fraction of sp³-hybridized carbons (Fsp3) is 0.556. The summed E-state index contributed by atoms with van der Waals surface area (Å²) in [5.41, 5.74) is 0.103. The number of halogens is 1. The molecule has 1 aromatic carbocycles. The molecule has 2 N–H and O–H groups in total. The number of hydrogen-bond donors (Lipinski definition) is 2. The van der Waals surface area contributed by atoms with Crippen molar-refractivity contribution in [2.24, 2.45) is 0 Å². The summed E-state index contributed by atoms with van der Waals surface area (Å²) in [4.78, 5) is 26.3. The number of nitrogens with zero attached hydrogens (tertiary/aromatic N) is 1. The minimum atomic E-state index is -0.613. The van der Waals surface area contributed by atoms with E-state index in [1.165, 1.54) is 13.2 Å². The van der Waals surface area contributed by atoms with Gasteiger partial charge in [0, 0.05) is 36.8 Å². The van der Waals surface area contributed by atoms with Crippen LogP contribution in [0.5, 0.6) is 5.75 Å². The number of hydrogen-bond acceptors (Lipinski definition) is 4. The second-order valence-corrected chi connectivity index (χ2v) is 7.24. The Balaban J connectivity index is 2.11. The molecule has 0 unspecified atom stereocenters. The van der Waals surface area contributed by atoms with Crippen LogP contribution < -0.4 is 15.4 Å². The summed E-state index contributed by atoms with van der Waals surface area (Å²) >= 11 is 0. The van der Waals surface area contributed by atoms with Crippen molar-refractivity contribution in [2.75, 3.05) is 20.2 Å². The second kappa shape index (κ2) is 7.82. The summed E-state index contributed by atoms with van der Waals surface area (Å²) in [6.07, 6.45) is 0.0425. The maximum absolute atomic E-state index is 14.2. The van der Waals surface area contributed by atoms with Gasteiger partial charge in [-0.2, -0.15) is 0 Å². The van der Waals surface area contributed by atoms with E-state index in [1.54, 1.807) is 12.1 Å². The van der Waals surface area contributed by atoms with Gasteiger partial charge in [0.2, 0.25) is 11.8 Å². The number of carbonyl (C=O) groups excluding carboxylic acids is 2. The summed E-state index contributed by atoms with van der Waals surface area (Å²) in [6.45, 7) is 6.96. The van der Waals surface area contributed by atoms with E-state index in [1.807, 2.05) is 25.7 Å². The molecule has 1 aromatic rings. The van der Waals surface area contributed by atoms with Crippen LogP contribution in [-0.2, 0) is 16.1 Å². The number of ether oxygens (including phenoxy) is 1. The van der Waals surface area contributed by atoms with Crippen molar-refractivity contribution in [3.8, 4) is 5.75 Å². The van der Waals surface area contributed by atoms with E-state index < -0.39 is 6.04 Å². The molecule has 0 aromatic heterocycles. The molecular weight excluding hydrogens is 325 g/mol. The lowest BCUT2D eigenvalue weighted by Crippen LogP contribution is -2.56. The highest BCUT2D eigenvalue weighted by molar-refractivity contribution is 5.89. The summed E-state index contributed by atoms with van der Waals surface area (Å²) in [7, 11) is 1.48. The highest BCUT2D eigenvalue weighted by Gasteiger charge is 2.32. The SMILES string of the molecule is COc1ccc(CN2CCNC(=O)[C@H]2CC(=O)NC(C)(C)C)c(F)c1.